The first-order valence-corrected chi connectivity index (χ1v) is 3.97. The average molecular weight is 208 g/mol. The summed E-state index contributed by atoms with van der Waals surface area (Å²) in [7, 11) is 0. The standard InChI is InChI=1S/C8H5FN4O2/c9-6-1-2-7(8(3-6)13(14)15)12-4-10-11-5-12/h1-5H. The second kappa shape index (κ2) is 3.45. The van der Waals surface area contributed by atoms with Crippen LogP contribution in [-0.2, 0) is 0 Å². The van der Waals surface area contributed by atoms with E-state index in [1.165, 1.54) is 23.3 Å². The highest BCUT2D eigenvalue weighted by atomic mass is 19.1. The molecule has 0 atom stereocenters. The Kier molecular flexibility index (Phi) is 2.13. The van der Waals surface area contributed by atoms with E-state index in [0.717, 1.165) is 12.1 Å². The van der Waals surface area contributed by atoms with Gasteiger partial charge in [-0.3, -0.25) is 14.7 Å². The molecule has 76 valence electrons. The molecule has 0 saturated carbocycles. The molecule has 6 nitrogen and oxygen atoms in total. The van der Waals surface area contributed by atoms with Crippen LogP contribution < -0.4 is 0 Å². The van der Waals surface area contributed by atoms with Crippen molar-refractivity contribution in [3.8, 4) is 5.69 Å². The fourth-order valence-corrected chi connectivity index (χ4v) is 1.19. The van der Waals surface area contributed by atoms with Crippen LogP contribution in [0.3, 0.4) is 0 Å². The first-order chi connectivity index (χ1) is 7.18. The fraction of sp³-hybridized carbons (Fsp3) is 0. The van der Waals surface area contributed by atoms with Crippen LogP contribution in [0.5, 0.6) is 0 Å². The minimum absolute atomic E-state index is 0.228. The molecule has 0 aliphatic rings. The molecule has 0 radical (unpaired) electrons. The van der Waals surface area contributed by atoms with E-state index in [2.05, 4.69) is 10.2 Å². The molecule has 7 heteroatoms. The zero-order chi connectivity index (χ0) is 10.8. The van der Waals surface area contributed by atoms with Gasteiger partial charge in [0.15, 0.2) is 0 Å². The summed E-state index contributed by atoms with van der Waals surface area (Å²) in [6.07, 6.45) is 2.61. The monoisotopic (exact) mass is 208 g/mol. The summed E-state index contributed by atoms with van der Waals surface area (Å²) >= 11 is 0. The van der Waals surface area contributed by atoms with Gasteiger partial charge in [0.2, 0.25) is 0 Å². The Morgan fingerprint density at radius 1 is 1.33 bits per heavy atom. The maximum atomic E-state index is 12.8. The molecule has 15 heavy (non-hydrogen) atoms. The highest BCUT2D eigenvalue weighted by Crippen LogP contribution is 2.22. The van der Waals surface area contributed by atoms with E-state index >= 15 is 0 Å². The van der Waals surface area contributed by atoms with Crippen LogP contribution in [0.1, 0.15) is 0 Å². The minimum Gasteiger partial charge on any atom is -0.282 e. The first kappa shape index (κ1) is 9.25. The van der Waals surface area contributed by atoms with Crippen molar-refractivity contribution in [2.75, 3.05) is 0 Å². The second-order valence-electron chi connectivity index (χ2n) is 2.76. The Balaban J connectivity index is 2.61. The van der Waals surface area contributed by atoms with Crippen molar-refractivity contribution < 1.29 is 9.31 Å². The summed E-state index contributed by atoms with van der Waals surface area (Å²) in [4.78, 5) is 10.00. The van der Waals surface area contributed by atoms with Crippen LogP contribution in [0.15, 0.2) is 30.9 Å². The Morgan fingerprint density at radius 2 is 2.00 bits per heavy atom. The molecule has 0 unspecified atom stereocenters. The van der Waals surface area contributed by atoms with Crippen LogP contribution in [-0.4, -0.2) is 19.7 Å². The maximum Gasteiger partial charge on any atom is 0.296 e. The van der Waals surface area contributed by atoms with Gasteiger partial charge < -0.3 is 0 Å². The van der Waals surface area contributed by atoms with Gasteiger partial charge in [-0.2, -0.15) is 0 Å². The van der Waals surface area contributed by atoms with E-state index in [1.54, 1.807) is 0 Å². The number of nitro benzene ring substituents is 1. The molecule has 0 bridgehead atoms. The van der Waals surface area contributed by atoms with Crippen LogP contribution in [0.25, 0.3) is 5.69 Å². The smallest absolute Gasteiger partial charge is 0.282 e. The van der Waals surface area contributed by atoms with E-state index in [1.807, 2.05) is 0 Å². The predicted octanol–water partition coefficient (Wildman–Crippen LogP) is 1.31. The molecule has 1 aromatic carbocycles. The Morgan fingerprint density at radius 3 is 2.60 bits per heavy atom. The normalized spacial score (nSPS) is 10.2. The fourth-order valence-electron chi connectivity index (χ4n) is 1.19. The molecule has 0 saturated heterocycles. The van der Waals surface area contributed by atoms with Gasteiger partial charge in [-0.1, -0.05) is 0 Å². The molecular weight excluding hydrogens is 203 g/mol. The van der Waals surface area contributed by atoms with Crippen molar-refractivity contribution in [1.29, 1.82) is 0 Å². The predicted molar refractivity (Wildman–Crippen MR) is 48.0 cm³/mol. The number of nitrogens with zero attached hydrogens (tertiary/aromatic N) is 4. The van der Waals surface area contributed by atoms with Crippen LogP contribution in [0, 0.1) is 15.9 Å². The summed E-state index contributed by atoms with van der Waals surface area (Å²) in [5, 5.41) is 17.7. The molecule has 2 rings (SSSR count). The molecule has 0 aliphatic heterocycles. The van der Waals surface area contributed by atoms with E-state index in [0.29, 0.717) is 0 Å². The van der Waals surface area contributed by atoms with E-state index in [4.69, 9.17) is 0 Å². The van der Waals surface area contributed by atoms with Gasteiger partial charge in [0.1, 0.15) is 24.2 Å². The van der Waals surface area contributed by atoms with Crippen molar-refractivity contribution in [1.82, 2.24) is 14.8 Å². The number of benzene rings is 1. The Labute approximate surface area is 83.1 Å². The van der Waals surface area contributed by atoms with Gasteiger partial charge in [0.25, 0.3) is 5.69 Å². The lowest BCUT2D eigenvalue weighted by atomic mass is 10.2. The lowest BCUT2D eigenvalue weighted by Gasteiger charge is -2.01. The molecule has 1 aromatic heterocycles. The number of hydrogen-bond acceptors (Lipinski definition) is 4. The molecule has 0 aliphatic carbocycles. The van der Waals surface area contributed by atoms with Gasteiger partial charge in [-0.05, 0) is 12.1 Å². The highest BCUT2D eigenvalue weighted by Gasteiger charge is 2.16. The quantitative estimate of drug-likeness (QED) is 0.551. The maximum absolute atomic E-state index is 12.8. The minimum atomic E-state index is -0.654. The lowest BCUT2D eigenvalue weighted by Crippen LogP contribution is -1.98. The molecule has 2 aromatic rings. The topological polar surface area (TPSA) is 73.8 Å². The Bertz CT molecular complexity index is 497. The number of rotatable bonds is 2. The summed E-state index contributed by atoms with van der Waals surface area (Å²) in [5.41, 5.74) is -0.0961. The average Bonchev–Trinajstić information content (AvgIpc) is 2.70. The van der Waals surface area contributed by atoms with Crippen molar-refractivity contribution in [3.63, 3.8) is 0 Å². The van der Waals surface area contributed by atoms with E-state index in [-0.39, 0.29) is 11.4 Å². The zero-order valence-electron chi connectivity index (χ0n) is 7.37. The zero-order valence-corrected chi connectivity index (χ0v) is 7.37. The lowest BCUT2D eigenvalue weighted by molar-refractivity contribution is -0.384. The largest absolute Gasteiger partial charge is 0.296 e. The molecular formula is C8H5FN4O2. The van der Waals surface area contributed by atoms with E-state index < -0.39 is 10.7 Å². The SMILES string of the molecule is O=[N+]([O-])c1cc(F)ccc1-n1cnnc1. The molecule has 0 spiro atoms. The first-order valence-electron chi connectivity index (χ1n) is 3.97. The Hall–Kier alpha value is -2.31. The molecule has 1 heterocycles. The third-order valence-electron chi connectivity index (χ3n) is 1.83. The number of hydrogen-bond donors (Lipinski definition) is 0. The van der Waals surface area contributed by atoms with Crippen LogP contribution >= 0.6 is 0 Å². The third kappa shape index (κ3) is 1.66. The second-order valence-corrected chi connectivity index (χ2v) is 2.76. The van der Waals surface area contributed by atoms with Crippen LogP contribution in [0.4, 0.5) is 10.1 Å². The van der Waals surface area contributed by atoms with E-state index in [9.17, 15) is 14.5 Å². The third-order valence-corrected chi connectivity index (χ3v) is 1.83. The highest BCUT2D eigenvalue weighted by molar-refractivity contribution is 5.52. The van der Waals surface area contributed by atoms with Gasteiger partial charge in [0, 0.05) is 0 Å². The van der Waals surface area contributed by atoms with Gasteiger partial charge in [-0.15, -0.1) is 10.2 Å². The van der Waals surface area contributed by atoms with Gasteiger partial charge in [0.05, 0.1) is 11.0 Å². The van der Waals surface area contributed by atoms with Crippen molar-refractivity contribution in [2.24, 2.45) is 0 Å². The number of halogens is 1. The summed E-state index contributed by atoms with van der Waals surface area (Å²) in [6.45, 7) is 0. The summed E-state index contributed by atoms with van der Waals surface area (Å²) in [5.74, 6) is -0.654. The molecule has 0 fully saturated rings. The van der Waals surface area contributed by atoms with Crippen LogP contribution in [0.2, 0.25) is 0 Å². The number of nitro groups is 1. The molecule has 0 amide bonds. The van der Waals surface area contributed by atoms with Crippen molar-refractivity contribution in [2.45, 2.75) is 0 Å². The van der Waals surface area contributed by atoms with Crippen molar-refractivity contribution in [3.05, 3.63) is 46.8 Å². The van der Waals surface area contributed by atoms with Gasteiger partial charge in [-0.25, -0.2) is 4.39 Å². The molecule has 0 N–H and O–H groups in total. The number of aromatic nitrogens is 3. The van der Waals surface area contributed by atoms with Crippen molar-refractivity contribution >= 4 is 5.69 Å². The van der Waals surface area contributed by atoms with Gasteiger partial charge >= 0.3 is 0 Å². The summed E-state index contributed by atoms with van der Waals surface area (Å²) in [6, 6.07) is 3.30. The summed E-state index contributed by atoms with van der Waals surface area (Å²) < 4.78 is 14.1.